The Morgan fingerprint density at radius 2 is 1.86 bits per heavy atom. The zero-order chi connectivity index (χ0) is 14.7. The van der Waals surface area contributed by atoms with Crippen molar-refractivity contribution in [3.05, 3.63) is 46.1 Å². The maximum absolute atomic E-state index is 6.28. The first-order chi connectivity index (χ1) is 10.2. The Morgan fingerprint density at radius 1 is 1.05 bits per heavy atom. The Kier molecular flexibility index (Phi) is 4.58. The molecule has 2 heterocycles. The fourth-order valence-electron chi connectivity index (χ4n) is 2.40. The minimum absolute atomic E-state index is 0.328. The Morgan fingerprint density at radius 3 is 2.52 bits per heavy atom. The summed E-state index contributed by atoms with van der Waals surface area (Å²) in [6.45, 7) is 3.26. The van der Waals surface area contributed by atoms with E-state index in [9.17, 15) is 0 Å². The van der Waals surface area contributed by atoms with Crippen LogP contribution in [0.15, 0.2) is 30.3 Å². The van der Waals surface area contributed by atoms with Crippen molar-refractivity contribution in [2.24, 2.45) is 0 Å². The van der Waals surface area contributed by atoms with Gasteiger partial charge >= 0.3 is 0 Å². The highest BCUT2D eigenvalue weighted by atomic mass is 35.5. The molecule has 0 saturated carbocycles. The van der Waals surface area contributed by atoms with E-state index in [1.807, 2.05) is 18.2 Å². The second-order valence-electron chi connectivity index (χ2n) is 5.04. The Hall–Kier alpha value is -1.36. The average molecular weight is 324 g/mol. The van der Waals surface area contributed by atoms with Crippen molar-refractivity contribution in [1.29, 1.82) is 0 Å². The number of hydrogen-bond donors (Lipinski definition) is 0. The number of rotatable bonds is 4. The monoisotopic (exact) mass is 323 g/mol. The summed E-state index contributed by atoms with van der Waals surface area (Å²) in [5.41, 5.74) is 1.19. The van der Waals surface area contributed by atoms with Gasteiger partial charge in [0.15, 0.2) is 5.15 Å². The van der Waals surface area contributed by atoms with Gasteiger partial charge in [0.05, 0.1) is 5.02 Å². The number of halogens is 2. The van der Waals surface area contributed by atoms with Crippen LogP contribution in [0.5, 0.6) is 11.6 Å². The first kappa shape index (κ1) is 14.6. The first-order valence-electron chi connectivity index (χ1n) is 6.88. The molecule has 110 valence electrons. The summed E-state index contributed by atoms with van der Waals surface area (Å²) in [6.07, 6.45) is 2.56. The van der Waals surface area contributed by atoms with Crippen molar-refractivity contribution in [2.75, 3.05) is 13.1 Å². The quantitative estimate of drug-likeness (QED) is 0.846. The molecule has 1 fully saturated rings. The number of benzene rings is 1. The highest BCUT2D eigenvalue weighted by molar-refractivity contribution is 6.32. The Balaban J connectivity index is 1.70. The summed E-state index contributed by atoms with van der Waals surface area (Å²) in [4.78, 5) is 2.43. The standard InChI is InChI=1S/C15H15Cl2N3O/c16-12-9-11(10-20-7-1-2-8-20)3-4-13(12)21-15-6-5-14(17)18-19-15/h3-6,9H,1-2,7-8,10H2. The molecule has 21 heavy (non-hydrogen) atoms. The highest BCUT2D eigenvalue weighted by Gasteiger charge is 2.13. The van der Waals surface area contributed by atoms with E-state index in [0.717, 1.165) is 19.6 Å². The van der Waals surface area contributed by atoms with E-state index >= 15 is 0 Å². The van der Waals surface area contributed by atoms with Crippen LogP contribution in [0.4, 0.5) is 0 Å². The predicted octanol–water partition coefficient (Wildman–Crippen LogP) is 4.17. The van der Waals surface area contributed by atoms with Crippen LogP contribution < -0.4 is 4.74 Å². The summed E-state index contributed by atoms with van der Waals surface area (Å²) in [7, 11) is 0. The van der Waals surface area contributed by atoms with Crippen LogP contribution in [0.1, 0.15) is 18.4 Å². The number of nitrogens with zero attached hydrogens (tertiary/aromatic N) is 3. The van der Waals surface area contributed by atoms with Crippen molar-refractivity contribution in [3.63, 3.8) is 0 Å². The normalized spacial score (nSPS) is 15.3. The lowest BCUT2D eigenvalue weighted by Crippen LogP contribution is -2.18. The molecule has 1 saturated heterocycles. The largest absolute Gasteiger partial charge is 0.436 e. The minimum atomic E-state index is 0.328. The molecule has 0 amide bonds. The van der Waals surface area contributed by atoms with Crippen molar-refractivity contribution in [3.8, 4) is 11.6 Å². The zero-order valence-corrected chi connectivity index (χ0v) is 12.9. The summed E-state index contributed by atoms with van der Waals surface area (Å²) in [5.74, 6) is 0.937. The van der Waals surface area contributed by atoms with E-state index in [1.54, 1.807) is 12.1 Å². The van der Waals surface area contributed by atoms with Gasteiger partial charge in [0.1, 0.15) is 5.75 Å². The molecule has 0 unspecified atom stereocenters. The third kappa shape index (κ3) is 3.84. The van der Waals surface area contributed by atoms with E-state index < -0.39 is 0 Å². The molecule has 0 spiro atoms. The van der Waals surface area contributed by atoms with Gasteiger partial charge in [0, 0.05) is 12.6 Å². The molecule has 0 radical (unpaired) electrons. The fourth-order valence-corrected chi connectivity index (χ4v) is 2.74. The third-order valence-electron chi connectivity index (χ3n) is 3.42. The Bertz CT molecular complexity index is 613. The van der Waals surface area contributed by atoms with Gasteiger partial charge in [-0.05, 0) is 49.7 Å². The van der Waals surface area contributed by atoms with Crippen molar-refractivity contribution >= 4 is 23.2 Å². The second kappa shape index (κ2) is 6.60. The van der Waals surface area contributed by atoms with E-state index in [1.165, 1.54) is 18.4 Å². The number of likely N-dealkylation sites (tertiary alicyclic amines) is 1. The summed E-state index contributed by atoms with van der Waals surface area (Å²) >= 11 is 12.0. The van der Waals surface area contributed by atoms with Gasteiger partial charge < -0.3 is 4.74 Å². The molecule has 1 aromatic carbocycles. The van der Waals surface area contributed by atoms with Crippen LogP contribution in [0, 0.1) is 0 Å². The van der Waals surface area contributed by atoms with Gasteiger partial charge in [0.2, 0.25) is 5.88 Å². The van der Waals surface area contributed by atoms with Gasteiger partial charge in [-0.15, -0.1) is 10.2 Å². The van der Waals surface area contributed by atoms with Crippen LogP contribution in [0.3, 0.4) is 0 Å². The smallest absolute Gasteiger partial charge is 0.239 e. The molecule has 1 aromatic heterocycles. The maximum Gasteiger partial charge on any atom is 0.239 e. The average Bonchev–Trinajstić information content (AvgIpc) is 2.97. The lowest BCUT2D eigenvalue weighted by Gasteiger charge is -2.15. The fraction of sp³-hybridized carbons (Fsp3) is 0.333. The topological polar surface area (TPSA) is 38.2 Å². The lowest BCUT2D eigenvalue weighted by atomic mass is 10.2. The highest BCUT2D eigenvalue weighted by Crippen LogP contribution is 2.30. The van der Waals surface area contributed by atoms with Crippen molar-refractivity contribution in [1.82, 2.24) is 15.1 Å². The Labute approximate surface area is 133 Å². The van der Waals surface area contributed by atoms with E-state index in [0.29, 0.717) is 21.8 Å². The predicted molar refractivity (Wildman–Crippen MR) is 83.1 cm³/mol. The van der Waals surface area contributed by atoms with Crippen LogP contribution in [-0.2, 0) is 6.54 Å². The molecule has 3 rings (SSSR count). The van der Waals surface area contributed by atoms with Crippen LogP contribution >= 0.6 is 23.2 Å². The van der Waals surface area contributed by atoms with Gasteiger partial charge in [-0.3, -0.25) is 4.90 Å². The summed E-state index contributed by atoms with van der Waals surface area (Å²) in [6, 6.07) is 9.12. The molecular weight excluding hydrogens is 309 g/mol. The van der Waals surface area contributed by atoms with Gasteiger partial charge in [-0.1, -0.05) is 29.3 Å². The lowest BCUT2D eigenvalue weighted by molar-refractivity contribution is 0.331. The van der Waals surface area contributed by atoms with Gasteiger partial charge in [-0.25, -0.2) is 0 Å². The van der Waals surface area contributed by atoms with Crippen molar-refractivity contribution in [2.45, 2.75) is 19.4 Å². The SMILES string of the molecule is Clc1ccc(Oc2ccc(CN3CCCC3)cc2Cl)nn1. The molecule has 0 atom stereocenters. The third-order valence-corrected chi connectivity index (χ3v) is 3.92. The number of ether oxygens (including phenoxy) is 1. The van der Waals surface area contributed by atoms with Crippen LogP contribution in [-0.4, -0.2) is 28.2 Å². The van der Waals surface area contributed by atoms with Crippen molar-refractivity contribution < 1.29 is 4.74 Å². The molecule has 0 aliphatic carbocycles. The molecule has 6 heteroatoms. The number of hydrogen-bond acceptors (Lipinski definition) is 4. The molecule has 1 aliphatic heterocycles. The molecular formula is C15H15Cl2N3O. The molecule has 2 aromatic rings. The van der Waals surface area contributed by atoms with Crippen LogP contribution in [0.25, 0.3) is 0 Å². The maximum atomic E-state index is 6.28. The van der Waals surface area contributed by atoms with Gasteiger partial charge in [0.25, 0.3) is 0 Å². The molecule has 1 aliphatic rings. The first-order valence-corrected chi connectivity index (χ1v) is 7.64. The van der Waals surface area contributed by atoms with E-state index in [2.05, 4.69) is 15.1 Å². The summed E-state index contributed by atoms with van der Waals surface area (Å²) < 4.78 is 5.61. The molecule has 4 nitrogen and oxygen atoms in total. The van der Waals surface area contributed by atoms with E-state index in [-0.39, 0.29) is 0 Å². The molecule has 0 bridgehead atoms. The number of aromatic nitrogens is 2. The minimum Gasteiger partial charge on any atom is -0.436 e. The second-order valence-corrected chi connectivity index (χ2v) is 5.84. The molecule has 0 N–H and O–H groups in total. The van der Waals surface area contributed by atoms with Crippen LogP contribution in [0.2, 0.25) is 10.2 Å². The zero-order valence-electron chi connectivity index (χ0n) is 11.4. The van der Waals surface area contributed by atoms with Gasteiger partial charge in [-0.2, -0.15) is 0 Å². The van der Waals surface area contributed by atoms with E-state index in [4.69, 9.17) is 27.9 Å². The summed E-state index contributed by atoms with van der Waals surface area (Å²) in [5, 5.41) is 8.48.